The molecule has 0 aliphatic heterocycles. The molecule has 0 saturated carbocycles. The van der Waals surface area contributed by atoms with Gasteiger partial charge in [0.25, 0.3) is 0 Å². The van der Waals surface area contributed by atoms with Crippen molar-refractivity contribution in [3.63, 3.8) is 0 Å². The maximum Gasteiger partial charge on any atom is 0.0620 e. The Labute approximate surface area is 96.4 Å². The minimum Gasteiger partial charge on any atom is -0.380 e. The summed E-state index contributed by atoms with van der Waals surface area (Å²) in [5, 5.41) is 0.793. The van der Waals surface area contributed by atoms with Crippen LogP contribution in [0, 0.1) is 6.92 Å². The predicted molar refractivity (Wildman–Crippen MR) is 64.4 cm³/mol. The molecular formula is C12H18ClNO. The average Bonchev–Trinajstić information content (AvgIpc) is 2.19. The van der Waals surface area contributed by atoms with Crippen LogP contribution in [0.3, 0.4) is 0 Å². The number of nitrogens with two attached hydrogens (primary N) is 1. The standard InChI is InChI=1S/C12H18ClNO/c1-3-15-8-11(14)7-10-5-4-9(2)6-12(10)13/h4-6,11H,3,7-8,14H2,1-2H3. The van der Waals surface area contributed by atoms with Crippen molar-refractivity contribution < 1.29 is 4.74 Å². The van der Waals surface area contributed by atoms with Crippen molar-refractivity contribution in [2.24, 2.45) is 5.73 Å². The van der Waals surface area contributed by atoms with Crippen molar-refractivity contribution in [3.8, 4) is 0 Å². The highest BCUT2D eigenvalue weighted by Gasteiger charge is 2.07. The van der Waals surface area contributed by atoms with Gasteiger partial charge in [0.1, 0.15) is 0 Å². The van der Waals surface area contributed by atoms with Crippen LogP contribution in [-0.4, -0.2) is 19.3 Å². The lowest BCUT2D eigenvalue weighted by Crippen LogP contribution is -2.28. The summed E-state index contributed by atoms with van der Waals surface area (Å²) in [5.74, 6) is 0. The first kappa shape index (κ1) is 12.5. The van der Waals surface area contributed by atoms with Crippen molar-refractivity contribution in [1.29, 1.82) is 0 Å². The molecule has 84 valence electrons. The molecule has 0 aliphatic rings. The number of aryl methyl sites for hydroxylation is 1. The van der Waals surface area contributed by atoms with E-state index in [0.29, 0.717) is 13.2 Å². The van der Waals surface area contributed by atoms with E-state index < -0.39 is 0 Å². The fourth-order valence-electron chi connectivity index (χ4n) is 1.43. The minimum absolute atomic E-state index is 0.0187. The molecule has 0 aliphatic carbocycles. The lowest BCUT2D eigenvalue weighted by molar-refractivity contribution is 0.133. The third-order valence-corrected chi connectivity index (χ3v) is 2.58. The van der Waals surface area contributed by atoms with Gasteiger partial charge in [-0.3, -0.25) is 0 Å². The van der Waals surface area contributed by atoms with Crippen molar-refractivity contribution >= 4 is 11.6 Å². The smallest absolute Gasteiger partial charge is 0.0620 e. The molecule has 1 aromatic rings. The Morgan fingerprint density at radius 3 is 2.80 bits per heavy atom. The first-order valence-electron chi connectivity index (χ1n) is 5.21. The second-order valence-corrected chi connectivity index (χ2v) is 4.13. The van der Waals surface area contributed by atoms with Crippen LogP contribution in [0.1, 0.15) is 18.1 Å². The van der Waals surface area contributed by atoms with Crippen LogP contribution in [0.15, 0.2) is 18.2 Å². The molecule has 0 amide bonds. The Kier molecular flexibility index (Phi) is 5.09. The number of hydrogen-bond acceptors (Lipinski definition) is 2. The second kappa shape index (κ2) is 6.11. The van der Waals surface area contributed by atoms with Gasteiger partial charge in [-0.05, 0) is 37.5 Å². The van der Waals surface area contributed by atoms with Gasteiger partial charge >= 0.3 is 0 Å². The molecule has 0 heterocycles. The summed E-state index contributed by atoms with van der Waals surface area (Å²) in [6.07, 6.45) is 0.763. The highest BCUT2D eigenvalue weighted by Crippen LogP contribution is 2.18. The monoisotopic (exact) mass is 227 g/mol. The first-order chi connectivity index (χ1) is 7.13. The molecule has 1 unspecified atom stereocenters. The van der Waals surface area contributed by atoms with E-state index in [4.69, 9.17) is 22.1 Å². The Morgan fingerprint density at radius 2 is 2.20 bits per heavy atom. The molecule has 3 heteroatoms. The van der Waals surface area contributed by atoms with E-state index in [2.05, 4.69) is 6.07 Å². The number of rotatable bonds is 5. The molecule has 2 nitrogen and oxygen atoms in total. The lowest BCUT2D eigenvalue weighted by atomic mass is 10.1. The maximum absolute atomic E-state index is 6.11. The summed E-state index contributed by atoms with van der Waals surface area (Å²) in [7, 11) is 0. The van der Waals surface area contributed by atoms with Crippen LogP contribution >= 0.6 is 11.6 Å². The molecule has 0 radical (unpaired) electrons. The van der Waals surface area contributed by atoms with Crippen molar-refractivity contribution in [2.75, 3.05) is 13.2 Å². The molecule has 15 heavy (non-hydrogen) atoms. The van der Waals surface area contributed by atoms with E-state index >= 15 is 0 Å². The molecule has 2 N–H and O–H groups in total. The molecule has 1 aromatic carbocycles. The Morgan fingerprint density at radius 1 is 1.47 bits per heavy atom. The van der Waals surface area contributed by atoms with E-state index in [1.807, 2.05) is 26.0 Å². The van der Waals surface area contributed by atoms with Crippen LogP contribution in [-0.2, 0) is 11.2 Å². The Balaban J connectivity index is 2.56. The third kappa shape index (κ3) is 4.20. The van der Waals surface area contributed by atoms with Gasteiger partial charge in [0, 0.05) is 17.7 Å². The summed E-state index contributed by atoms with van der Waals surface area (Å²) in [6, 6.07) is 6.06. The zero-order chi connectivity index (χ0) is 11.3. The summed E-state index contributed by atoms with van der Waals surface area (Å²) in [4.78, 5) is 0. The fourth-order valence-corrected chi connectivity index (χ4v) is 1.74. The summed E-state index contributed by atoms with van der Waals surface area (Å²) >= 11 is 6.11. The van der Waals surface area contributed by atoms with Gasteiger partial charge in [-0.1, -0.05) is 23.7 Å². The molecule has 0 saturated heterocycles. The minimum atomic E-state index is 0.0187. The molecule has 1 rings (SSSR count). The van der Waals surface area contributed by atoms with Gasteiger partial charge in [0.2, 0.25) is 0 Å². The Hall–Kier alpha value is -0.570. The summed E-state index contributed by atoms with van der Waals surface area (Å²) in [5.41, 5.74) is 8.18. The van der Waals surface area contributed by atoms with Crippen molar-refractivity contribution in [2.45, 2.75) is 26.3 Å². The zero-order valence-electron chi connectivity index (χ0n) is 9.29. The van der Waals surface area contributed by atoms with Crippen LogP contribution < -0.4 is 5.73 Å². The maximum atomic E-state index is 6.11. The normalized spacial score (nSPS) is 12.8. The average molecular weight is 228 g/mol. The number of halogens is 1. The van der Waals surface area contributed by atoms with Gasteiger partial charge in [-0.15, -0.1) is 0 Å². The van der Waals surface area contributed by atoms with Crippen molar-refractivity contribution in [1.82, 2.24) is 0 Å². The summed E-state index contributed by atoms with van der Waals surface area (Å²) < 4.78 is 5.26. The van der Waals surface area contributed by atoms with E-state index in [1.165, 1.54) is 5.56 Å². The van der Waals surface area contributed by atoms with Crippen LogP contribution in [0.4, 0.5) is 0 Å². The van der Waals surface area contributed by atoms with E-state index in [1.54, 1.807) is 0 Å². The largest absolute Gasteiger partial charge is 0.380 e. The van der Waals surface area contributed by atoms with Gasteiger partial charge in [0.15, 0.2) is 0 Å². The van der Waals surface area contributed by atoms with Crippen LogP contribution in [0.25, 0.3) is 0 Å². The number of benzene rings is 1. The molecule has 0 bridgehead atoms. The first-order valence-corrected chi connectivity index (χ1v) is 5.59. The lowest BCUT2D eigenvalue weighted by Gasteiger charge is -2.12. The van der Waals surface area contributed by atoms with Crippen LogP contribution in [0.2, 0.25) is 5.02 Å². The highest BCUT2D eigenvalue weighted by molar-refractivity contribution is 6.31. The quantitative estimate of drug-likeness (QED) is 0.839. The SMILES string of the molecule is CCOCC(N)Cc1ccc(C)cc1Cl. The molecular weight excluding hydrogens is 210 g/mol. The zero-order valence-corrected chi connectivity index (χ0v) is 10.1. The fraction of sp³-hybridized carbons (Fsp3) is 0.500. The second-order valence-electron chi connectivity index (χ2n) is 3.72. The highest BCUT2D eigenvalue weighted by atomic mass is 35.5. The van der Waals surface area contributed by atoms with Gasteiger partial charge in [-0.2, -0.15) is 0 Å². The van der Waals surface area contributed by atoms with E-state index in [0.717, 1.165) is 17.0 Å². The van der Waals surface area contributed by atoms with Crippen molar-refractivity contribution in [3.05, 3.63) is 34.3 Å². The van der Waals surface area contributed by atoms with Crippen LogP contribution in [0.5, 0.6) is 0 Å². The van der Waals surface area contributed by atoms with E-state index in [9.17, 15) is 0 Å². The van der Waals surface area contributed by atoms with Gasteiger partial charge in [0.05, 0.1) is 6.61 Å². The Bertz CT molecular complexity index is 314. The molecule has 0 aromatic heterocycles. The molecule has 0 fully saturated rings. The number of ether oxygens (including phenoxy) is 1. The third-order valence-electron chi connectivity index (χ3n) is 2.23. The predicted octanol–water partition coefficient (Wildman–Crippen LogP) is 2.55. The summed E-state index contributed by atoms with van der Waals surface area (Å²) in [6.45, 7) is 5.28. The number of hydrogen-bond donors (Lipinski definition) is 1. The van der Waals surface area contributed by atoms with Gasteiger partial charge < -0.3 is 10.5 Å². The molecule has 1 atom stereocenters. The van der Waals surface area contributed by atoms with E-state index in [-0.39, 0.29) is 6.04 Å². The topological polar surface area (TPSA) is 35.2 Å². The molecule has 0 spiro atoms. The van der Waals surface area contributed by atoms with Gasteiger partial charge in [-0.25, -0.2) is 0 Å².